The quantitative estimate of drug-likeness (QED) is 0.467. The summed E-state index contributed by atoms with van der Waals surface area (Å²) >= 11 is 0. The second-order valence-corrected chi connectivity index (χ2v) is 4.79. The Morgan fingerprint density at radius 2 is 2.22 bits per heavy atom. The molecule has 0 amide bonds. The molecule has 1 rings (SSSR count). The zero-order valence-corrected chi connectivity index (χ0v) is 11.2. The fourth-order valence-electron chi connectivity index (χ4n) is 1.13. The normalized spacial score (nSPS) is 11.7. The number of esters is 1. The molecule has 1 aromatic rings. The Bertz CT molecular complexity index is 476. The zero-order valence-electron chi connectivity index (χ0n) is 11.2. The first-order chi connectivity index (χ1) is 8.42. The smallest absolute Gasteiger partial charge is 0.346 e. The number of ether oxygens (including phenoxy) is 1. The molecule has 0 spiro atoms. The van der Waals surface area contributed by atoms with Crippen LogP contribution < -0.4 is 0 Å². The van der Waals surface area contributed by atoms with E-state index in [2.05, 4.69) is 11.8 Å². The van der Waals surface area contributed by atoms with Crippen molar-refractivity contribution in [2.45, 2.75) is 27.7 Å². The summed E-state index contributed by atoms with van der Waals surface area (Å²) in [6.45, 7) is 8.03. The lowest BCUT2D eigenvalue weighted by molar-refractivity contribution is -0.137. The van der Waals surface area contributed by atoms with Gasteiger partial charge in [-0.1, -0.05) is 11.8 Å². The van der Waals surface area contributed by atoms with Gasteiger partial charge in [-0.3, -0.25) is 0 Å². The number of furan rings is 1. The van der Waals surface area contributed by atoms with Crippen molar-refractivity contribution in [2.24, 2.45) is 5.41 Å². The number of hydrogen-bond donors (Lipinski definition) is 0. The van der Waals surface area contributed by atoms with E-state index < -0.39 is 5.97 Å². The summed E-state index contributed by atoms with van der Waals surface area (Å²) in [5, 5.41) is 0. The van der Waals surface area contributed by atoms with Crippen LogP contribution in [0.2, 0.25) is 0 Å². The molecular formula is C15H18O3. The van der Waals surface area contributed by atoms with Crippen molar-refractivity contribution in [1.82, 2.24) is 0 Å². The summed E-state index contributed by atoms with van der Waals surface area (Å²) in [6, 6.07) is 3.52. The molecule has 0 radical (unpaired) electrons. The van der Waals surface area contributed by atoms with E-state index in [1.165, 1.54) is 0 Å². The van der Waals surface area contributed by atoms with Crippen LogP contribution in [0.1, 0.15) is 33.5 Å². The van der Waals surface area contributed by atoms with Crippen LogP contribution in [0.5, 0.6) is 0 Å². The zero-order chi connectivity index (χ0) is 13.6. The maximum absolute atomic E-state index is 11.8. The van der Waals surface area contributed by atoms with Gasteiger partial charge in [-0.25, -0.2) is 4.79 Å². The molecule has 0 aliphatic carbocycles. The first-order valence-corrected chi connectivity index (χ1v) is 5.88. The molecule has 96 valence electrons. The molecule has 0 aliphatic heterocycles. The fraction of sp³-hybridized carbons (Fsp3) is 0.400. The monoisotopic (exact) mass is 246 g/mol. The van der Waals surface area contributed by atoms with Crippen LogP contribution in [-0.2, 0) is 9.53 Å². The first-order valence-electron chi connectivity index (χ1n) is 5.88. The molecule has 3 heteroatoms. The molecule has 1 aromatic heterocycles. The predicted molar refractivity (Wildman–Crippen MR) is 70.5 cm³/mol. The van der Waals surface area contributed by atoms with Crippen molar-refractivity contribution in [2.75, 3.05) is 6.61 Å². The minimum atomic E-state index is -0.425. The third-order valence-corrected chi connectivity index (χ3v) is 1.90. The van der Waals surface area contributed by atoms with Crippen LogP contribution in [0.3, 0.4) is 0 Å². The maximum atomic E-state index is 11.8. The lowest BCUT2D eigenvalue weighted by Crippen LogP contribution is -2.07. The van der Waals surface area contributed by atoms with Gasteiger partial charge in [-0.05, 0) is 39.8 Å². The van der Waals surface area contributed by atoms with Gasteiger partial charge >= 0.3 is 5.97 Å². The summed E-state index contributed by atoms with van der Waals surface area (Å²) < 4.78 is 10.1. The van der Waals surface area contributed by atoms with Crippen molar-refractivity contribution in [3.8, 4) is 11.8 Å². The first kappa shape index (κ1) is 14.1. The number of hydrogen-bond acceptors (Lipinski definition) is 3. The molecular weight excluding hydrogens is 228 g/mol. The van der Waals surface area contributed by atoms with Crippen LogP contribution in [0.25, 0.3) is 6.08 Å². The highest BCUT2D eigenvalue weighted by molar-refractivity contribution is 5.98. The SMILES string of the molecule is CCOC(=O)/C(C#CC(C)(C)C)=C/c1ccco1. The highest BCUT2D eigenvalue weighted by Gasteiger charge is 2.10. The molecule has 0 bridgehead atoms. The van der Waals surface area contributed by atoms with Crippen molar-refractivity contribution >= 4 is 12.0 Å². The third kappa shape index (κ3) is 4.92. The van der Waals surface area contributed by atoms with Crippen LogP contribution in [0, 0.1) is 17.3 Å². The topological polar surface area (TPSA) is 39.4 Å². The molecule has 3 nitrogen and oxygen atoms in total. The summed E-state index contributed by atoms with van der Waals surface area (Å²) in [5.74, 6) is 6.03. The standard InChI is InChI=1S/C15H18O3/c1-5-17-14(16)12(8-9-15(2,3)4)11-13-7-6-10-18-13/h6-7,10-11H,5H2,1-4H3/b12-11+. The van der Waals surface area contributed by atoms with Crippen molar-refractivity contribution in [3.63, 3.8) is 0 Å². The number of carbonyl (C=O) groups is 1. The van der Waals surface area contributed by atoms with Crippen LogP contribution in [-0.4, -0.2) is 12.6 Å². The molecule has 0 N–H and O–H groups in total. The van der Waals surface area contributed by atoms with Gasteiger partial charge in [0.2, 0.25) is 0 Å². The highest BCUT2D eigenvalue weighted by atomic mass is 16.5. The van der Waals surface area contributed by atoms with E-state index in [-0.39, 0.29) is 5.41 Å². The van der Waals surface area contributed by atoms with E-state index in [0.29, 0.717) is 17.9 Å². The van der Waals surface area contributed by atoms with E-state index in [1.54, 1.807) is 31.4 Å². The largest absolute Gasteiger partial charge is 0.465 e. The van der Waals surface area contributed by atoms with Gasteiger partial charge in [-0.2, -0.15) is 0 Å². The van der Waals surface area contributed by atoms with Crippen molar-refractivity contribution < 1.29 is 13.9 Å². The molecule has 0 saturated heterocycles. The third-order valence-electron chi connectivity index (χ3n) is 1.90. The van der Waals surface area contributed by atoms with Crippen LogP contribution >= 0.6 is 0 Å². The van der Waals surface area contributed by atoms with E-state index in [9.17, 15) is 4.79 Å². The van der Waals surface area contributed by atoms with Gasteiger partial charge in [0.25, 0.3) is 0 Å². The van der Waals surface area contributed by atoms with Crippen LogP contribution in [0.4, 0.5) is 0 Å². The van der Waals surface area contributed by atoms with E-state index >= 15 is 0 Å². The average Bonchev–Trinajstić information content (AvgIpc) is 2.75. The lowest BCUT2D eigenvalue weighted by Gasteiger charge is -2.07. The summed E-state index contributed by atoms with van der Waals surface area (Å²) in [6.07, 6.45) is 3.14. The van der Waals surface area contributed by atoms with Gasteiger partial charge < -0.3 is 9.15 Å². The van der Waals surface area contributed by atoms with Gasteiger partial charge in [-0.15, -0.1) is 0 Å². The molecule has 0 fully saturated rings. The minimum absolute atomic E-state index is 0.172. The Morgan fingerprint density at radius 3 is 2.72 bits per heavy atom. The Morgan fingerprint density at radius 1 is 1.50 bits per heavy atom. The Kier molecular flexibility index (Phi) is 4.79. The van der Waals surface area contributed by atoms with Gasteiger partial charge in [0.15, 0.2) is 0 Å². The van der Waals surface area contributed by atoms with Crippen molar-refractivity contribution in [1.29, 1.82) is 0 Å². The molecule has 0 aliphatic rings. The molecule has 0 atom stereocenters. The second-order valence-electron chi connectivity index (χ2n) is 4.79. The van der Waals surface area contributed by atoms with Gasteiger partial charge in [0.1, 0.15) is 11.3 Å². The summed E-state index contributed by atoms with van der Waals surface area (Å²) in [5.41, 5.74) is 0.135. The molecule has 1 heterocycles. The minimum Gasteiger partial charge on any atom is -0.465 e. The molecule has 0 aromatic carbocycles. The fourth-order valence-corrected chi connectivity index (χ4v) is 1.13. The molecule has 0 unspecified atom stereocenters. The summed E-state index contributed by atoms with van der Waals surface area (Å²) in [7, 11) is 0. The van der Waals surface area contributed by atoms with E-state index in [1.807, 2.05) is 20.8 Å². The maximum Gasteiger partial charge on any atom is 0.346 e. The lowest BCUT2D eigenvalue weighted by atomic mass is 9.97. The average molecular weight is 246 g/mol. The van der Waals surface area contributed by atoms with E-state index in [4.69, 9.17) is 9.15 Å². The van der Waals surface area contributed by atoms with E-state index in [0.717, 1.165) is 0 Å². The number of rotatable bonds is 3. The Balaban J connectivity index is 3.02. The highest BCUT2D eigenvalue weighted by Crippen LogP contribution is 2.13. The predicted octanol–water partition coefficient (Wildman–Crippen LogP) is 3.28. The molecule has 18 heavy (non-hydrogen) atoms. The summed E-state index contributed by atoms with van der Waals surface area (Å²) in [4.78, 5) is 11.8. The van der Waals surface area contributed by atoms with Crippen molar-refractivity contribution in [3.05, 3.63) is 29.7 Å². The Hall–Kier alpha value is -1.95. The van der Waals surface area contributed by atoms with Crippen LogP contribution in [0.15, 0.2) is 28.4 Å². The number of carbonyl (C=O) groups excluding carboxylic acids is 1. The van der Waals surface area contributed by atoms with Gasteiger partial charge in [0, 0.05) is 11.5 Å². The molecule has 0 saturated carbocycles. The second kappa shape index (κ2) is 6.11. The Labute approximate surface area is 108 Å². The van der Waals surface area contributed by atoms with Gasteiger partial charge in [0.05, 0.1) is 12.9 Å².